The van der Waals surface area contributed by atoms with Crippen molar-refractivity contribution in [2.24, 2.45) is 0 Å². The number of nitrogens with zero attached hydrogens (tertiary/aromatic N) is 1. The first-order valence-electron chi connectivity index (χ1n) is 8.00. The summed E-state index contributed by atoms with van der Waals surface area (Å²) in [5.41, 5.74) is 5.57. The summed E-state index contributed by atoms with van der Waals surface area (Å²) in [4.78, 5) is 7.91. The van der Waals surface area contributed by atoms with E-state index in [1.165, 1.54) is 11.1 Å². The molecule has 0 aliphatic carbocycles. The zero-order chi connectivity index (χ0) is 17.1. The van der Waals surface area contributed by atoms with Crippen LogP contribution in [0.1, 0.15) is 29.4 Å². The quantitative estimate of drug-likeness (QED) is 0.734. The molecule has 0 aliphatic rings. The van der Waals surface area contributed by atoms with Crippen molar-refractivity contribution < 1.29 is 9.47 Å². The number of H-pyrrole nitrogens is 1. The first-order valence-corrected chi connectivity index (χ1v) is 8.00. The lowest BCUT2D eigenvalue weighted by Crippen LogP contribution is -1.99. The number of fused-ring (bicyclic) bond motifs is 1. The molecular formula is C20H22N2O2. The van der Waals surface area contributed by atoms with Crippen molar-refractivity contribution in [3.63, 3.8) is 0 Å². The molecule has 4 nitrogen and oxygen atoms in total. The molecule has 0 saturated carbocycles. The molecule has 0 radical (unpaired) electrons. The van der Waals surface area contributed by atoms with Crippen LogP contribution in [-0.2, 0) is 6.61 Å². The van der Waals surface area contributed by atoms with E-state index in [2.05, 4.69) is 35.9 Å². The number of hydrogen-bond donors (Lipinski definition) is 1. The molecule has 0 aliphatic heterocycles. The van der Waals surface area contributed by atoms with Gasteiger partial charge in [-0.05, 0) is 61.7 Å². The average molecular weight is 322 g/mol. The summed E-state index contributed by atoms with van der Waals surface area (Å²) in [5, 5.41) is 0. The molecule has 0 bridgehead atoms. The van der Waals surface area contributed by atoms with Gasteiger partial charge in [-0.3, -0.25) is 0 Å². The van der Waals surface area contributed by atoms with Crippen molar-refractivity contribution in [1.29, 1.82) is 0 Å². The maximum absolute atomic E-state index is 5.89. The topological polar surface area (TPSA) is 47.1 Å². The molecule has 0 unspecified atom stereocenters. The van der Waals surface area contributed by atoms with Crippen molar-refractivity contribution >= 4 is 17.1 Å². The van der Waals surface area contributed by atoms with Gasteiger partial charge in [0.25, 0.3) is 0 Å². The van der Waals surface area contributed by atoms with Gasteiger partial charge in [-0.15, -0.1) is 0 Å². The highest BCUT2D eigenvalue weighted by atomic mass is 16.5. The van der Waals surface area contributed by atoms with Crippen LogP contribution in [0.5, 0.6) is 11.5 Å². The van der Waals surface area contributed by atoms with Crippen molar-refractivity contribution in [2.75, 3.05) is 7.11 Å². The number of hydrogen-bond acceptors (Lipinski definition) is 3. The second-order valence-electron chi connectivity index (χ2n) is 5.84. The summed E-state index contributed by atoms with van der Waals surface area (Å²) in [7, 11) is 1.65. The number of aromatic nitrogens is 2. The highest BCUT2D eigenvalue weighted by Gasteiger charge is 2.08. The Morgan fingerprint density at radius 2 is 1.88 bits per heavy atom. The number of allylic oxidation sites excluding steroid dienone is 1. The van der Waals surface area contributed by atoms with Crippen LogP contribution in [0, 0.1) is 13.8 Å². The lowest BCUT2D eigenvalue weighted by atomic mass is 10.1. The monoisotopic (exact) mass is 322 g/mol. The number of rotatable bonds is 5. The second kappa shape index (κ2) is 6.79. The molecule has 0 atom stereocenters. The van der Waals surface area contributed by atoms with Crippen LogP contribution in [-0.4, -0.2) is 17.1 Å². The molecular weight excluding hydrogens is 300 g/mol. The SMILES string of the molecule is CC=Cc1ccc(OCc2nc3cc(C)c(C)cc3[nH]2)c(OC)c1. The smallest absolute Gasteiger partial charge is 0.161 e. The van der Waals surface area contributed by atoms with E-state index in [-0.39, 0.29) is 0 Å². The Labute approximate surface area is 142 Å². The van der Waals surface area contributed by atoms with Gasteiger partial charge in [-0.2, -0.15) is 0 Å². The lowest BCUT2D eigenvalue weighted by molar-refractivity contribution is 0.277. The van der Waals surface area contributed by atoms with Gasteiger partial charge in [-0.25, -0.2) is 4.98 Å². The Balaban J connectivity index is 1.80. The normalized spacial score (nSPS) is 11.3. The highest BCUT2D eigenvalue weighted by molar-refractivity contribution is 5.77. The fourth-order valence-electron chi connectivity index (χ4n) is 2.64. The highest BCUT2D eigenvalue weighted by Crippen LogP contribution is 2.29. The van der Waals surface area contributed by atoms with Crippen molar-refractivity contribution in [1.82, 2.24) is 9.97 Å². The number of aromatic amines is 1. The zero-order valence-corrected chi connectivity index (χ0v) is 14.5. The molecule has 3 rings (SSSR count). The van der Waals surface area contributed by atoms with Crippen molar-refractivity contribution in [2.45, 2.75) is 27.4 Å². The molecule has 0 saturated heterocycles. The second-order valence-corrected chi connectivity index (χ2v) is 5.84. The summed E-state index contributed by atoms with van der Waals surface area (Å²) >= 11 is 0. The van der Waals surface area contributed by atoms with Crippen LogP contribution in [0.2, 0.25) is 0 Å². The fourth-order valence-corrected chi connectivity index (χ4v) is 2.64. The molecule has 1 aromatic heterocycles. The minimum atomic E-state index is 0.367. The Kier molecular flexibility index (Phi) is 4.56. The molecule has 24 heavy (non-hydrogen) atoms. The minimum Gasteiger partial charge on any atom is -0.493 e. The number of methoxy groups -OCH3 is 1. The molecule has 124 valence electrons. The summed E-state index contributed by atoms with van der Waals surface area (Å²) in [6, 6.07) is 10.1. The Hall–Kier alpha value is -2.75. The number of benzene rings is 2. The summed E-state index contributed by atoms with van der Waals surface area (Å²) < 4.78 is 11.3. The van der Waals surface area contributed by atoms with Gasteiger partial charge >= 0.3 is 0 Å². The average Bonchev–Trinajstić information content (AvgIpc) is 2.96. The molecule has 3 aromatic rings. The summed E-state index contributed by atoms with van der Waals surface area (Å²) in [5.74, 6) is 2.22. The van der Waals surface area contributed by atoms with Crippen molar-refractivity contribution in [3.8, 4) is 11.5 Å². The van der Waals surface area contributed by atoms with Gasteiger partial charge in [0.1, 0.15) is 12.4 Å². The van der Waals surface area contributed by atoms with Crippen LogP contribution >= 0.6 is 0 Å². The van der Waals surface area contributed by atoms with Gasteiger partial charge in [0, 0.05) is 0 Å². The Morgan fingerprint density at radius 3 is 2.62 bits per heavy atom. The third-order valence-corrected chi connectivity index (χ3v) is 4.06. The van der Waals surface area contributed by atoms with E-state index >= 15 is 0 Å². The summed E-state index contributed by atoms with van der Waals surface area (Å²) in [6.07, 6.45) is 4.02. The molecule has 1 heterocycles. The largest absolute Gasteiger partial charge is 0.493 e. The molecule has 0 amide bonds. The maximum Gasteiger partial charge on any atom is 0.161 e. The van der Waals surface area contributed by atoms with Crippen LogP contribution < -0.4 is 9.47 Å². The van der Waals surface area contributed by atoms with Gasteiger partial charge in [0.2, 0.25) is 0 Å². The number of imidazole rings is 1. The molecule has 0 spiro atoms. The Morgan fingerprint density at radius 1 is 1.08 bits per heavy atom. The molecule has 1 N–H and O–H groups in total. The van der Waals surface area contributed by atoms with Crippen LogP contribution in [0.25, 0.3) is 17.1 Å². The first kappa shape index (κ1) is 16.1. The third kappa shape index (κ3) is 3.27. The van der Waals surface area contributed by atoms with Crippen LogP contribution in [0.4, 0.5) is 0 Å². The van der Waals surface area contributed by atoms with Gasteiger partial charge in [0.15, 0.2) is 11.5 Å². The van der Waals surface area contributed by atoms with E-state index in [4.69, 9.17) is 9.47 Å². The standard InChI is InChI=1S/C20H22N2O2/c1-5-6-15-7-8-18(19(11-15)23-4)24-12-20-21-16-9-13(2)14(3)10-17(16)22-20/h5-11H,12H2,1-4H3,(H,21,22). The predicted molar refractivity (Wildman–Crippen MR) is 97.6 cm³/mol. The van der Waals surface area contributed by atoms with E-state index in [1.54, 1.807) is 7.11 Å². The Bertz CT molecular complexity index is 855. The van der Waals surface area contributed by atoms with Crippen molar-refractivity contribution in [3.05, 3.63) is 58.9 Å². The van der Waals surface area contributed by atoms with E-state index in [0.717, 1.165) is 22.4 Å². The van der Waals surface area contributed by atoms with E-state index in [0.29, 0.717) is 18.1 Å². The third-order valence-electron chi connectivity index (χ3n) is 4.06. The number of nitrogens with one attached hydrogen (secondary N) is 1. The summed E-state index contributed by atoms with van der Waals surface area (Å²) in [6.45, 7) is 6.55. The minimum absolute atomic E-state index is 0.367. The van der Waals surface area contributed by atoms with Crippen LogP contribution in [0.15, 0.2) is 36.4 Å². The van der Waals surface area contributed by atoms with Gasteiger partial charge < -0.3 is 14.5 Å². The predicted octanol–water partition coefficient (Wildman–Crippen LogP) is 4.80. The zero-order valence-electron chi connectivity index (χ0n) is 14.5. The number of ether oxygens (including phenoxy) is 2. The number of aryl methyl sites for hydroxylation is 2. The van der Waals surface area contributed by atoms with Gasteiger partial charge in [-0.1, -0.05) is 18.2 Å². The molecule has 4 heteroatoms. The van der Waals surface area contributed by atoms with Crippen LogP contribution in [0.3, 0.4) is 0 Å². The maximum atomic E-state index is 5.89. The first-order chi connectivity index (χ1) is 11.6. The lowest BCUT2D eigenvalue weighted by Gasteiger charge is -2.10. The van der Waals surface area contributed by atoms with E-state index < -0.39 is 0 Å². The molecule has 2 aromatic carbocycles. The van der Waals surface area contributed by atoms with E-state index in [9.17, 15) is 0 Å². The fraction of sp³-hybridized carbons (Fsp3) is 0.250. The van der Waals surface area contributed by atoms with E-state index in [1.807, 2.05) is 37.3 Å². The van der Waals surface area contributed by atoms with Gasteiger partial charge in [0.05, 0.1) is 18.1 Å². The molecule has 0 fully saturated rings.